The van der Waals surface area contributed by atoms with Crippen molar-refractivity contribution in [3.8, 4) is 11.4 Å². The summed E-state index contributed by atoms with van der Waals surface area (Å²) in [6.07, 6.45) is 3.47. The smallest absolute Gasteiger partial charge is 0.339 e. The Balaban J connectivity index is 1.63. The van der Waals surface area contributed by atoms with E-state index in [-0.39, 0.29) is 0 Å². The predicted molar refractivity (Wildman–Crippen MR) is 108 cm³/mol. The quantitative estimate of drug-likeness (QED) is 0.500. The molecule has 3 rings (SSSR count). The maximum absolute atomic E-state index is 11.9. The van der Waals surface area contributed by atoms with Gasteiger partial charge in [-0.15, -0.1) is 0 Å². The number of carbonyl (C=O) groups excluding carboxylic acids is 1. The van der Waals surface area contributed by atoms with Crippen molar-refractivity contribution in [3.05, 3.63) is 77.1 Å². The summed E-state index contributed by atoms with van der Waals surface area (Å²) in [6, 6.07) is 16.2. The highest BCUT2D eigenvalue weighted by Crippen LogP contribution is 2.20. The minimum absolute atomic E-state index is 0.437. The molecule has 0 atom stereocenters. The number of carbonyl (C=O) groups is 1. The van der Waals surface area contributed by atoms with Crippen LogP contribution in [0.2, 0.25) is 5.02 Å². The number of benzene rings is 2. The summed E-state index contributed by atoms with van der Waals surface area (Å²) in [7, 11) is 1.59. The van der Waals surface area contributed by atoms with E-state index >= 15 is 0 Å². The highest BCUT2D eigenvalue weighted by molar-refractivity contribution is 6.31. The Morgan fingerprint density at radius 1 is 1.19 bits per heavy atom. The maximum Gasteiger partial charge on any atom is 0.339 e. The van der Waals surface area contributed by atoms with Crippen LogP contribution in [0.5, 0.6) is 5.75 Å². The fraction of sp³-hybridized carbons (Fsp3) is 0.100. The Morgan fingerprint density at radius 2 is 1.96 bits per heavy atom. The lowest BCUT2D eigenvalue weighted by molar-refractivity contribution is 0.252. The number of aryl methyl sites for hydroxylation is 1. The maximum atomic E-state index is 11.9. The normalized spacial score (nSPS) is 10.8. The van der Waals surface area contributed by atoms with Crippen LogP contribution in [0.25, 0.3) is 5.69 Å². The molecular formula is C20H19ClN4O2. The van der Waals surface area contributed by atoms with Crippen LogP contribution in [0.1, 0.15) is 11.3 Å². The van der Waals surface area contributed by atoms with E-state index in [1.807, 2.05) is 48.0 Å². The molecule has 0 aliphatic carbocycles. The van der Waals surface area contributed by atoms with Gasteiger partial charge in [-0.2, -0.15) is 5.10 Å². The molecule has 3 aromatic rings. The SMILES string of the molecule is COc1ccc(NC(=O)N/N=C/c2cccn2-c2ccc(C)c(Cl)c2)cc1. The first-order valence-electron chi connectivity index (χ1n) is 8.25. The molecule has 27 heavy (non-hydrogen) atoms. The Kier molecular flexibility index (Phi) is 5.78. The van der Waals surface area contributed by atoms with Crippen molar-refractivity contribution >= 4 is 29.5 Å². The Hall–Kier alpha value is -3.25. The zero-order valence-corrected chi connectivity index (χ0v) is 15.7. The van der Waals surface area contributed by atoms with Crippen LogP contribution in [0.4, 0.5) is 10.5 Å². The van der Waals surface area contributed by atoms with E-state index in [1.54, 1.807) is 37.6 Å². The zero-order chi connectivity index (χ0) is 19.2. The molecule has 2 aromatic carbocycles. The number of hydrazone groups is 1. The van der Waals surface area contributed by atoms with E-state index in [2.05, 4.69) is 15.8 Å². The second kappa shape index (κ2) is 8.42. The van der Waals surface area contributed by atoms with Gasteiger partial charge >= 0.3 is 6.03 Å². The lowest BCUT2D eigenvalue weighted by Crippen LogP contribution is -2.24. The number of halogens is 1. The van der Waals surface area contributed by atoms with E-state index in [1.165, 1.54) is 0 Å². The summed E-state index contributed by atoms with van der Waals surface area (Å²) < 4.78 is 7.01. The lowest BCUT2D eigenvalue weighted by Gasteiger charge is -2.08. The van der Waals surface area contributed by atoms with Crippen molar-refractivity contribution in [2.45, 2.75) is 6.92 Å². The third-order valence-electron chi connectivity index (χ3n) is 3.92. The molecule has 0 saturated heterocycles. The molecule has 0 spiro atoms. The molecule has 138 valence electrons. The van der Waals surface area contributed by atoms with Crippen LogP contribution in [0.3, 0.4) is 0 Å². The third-order valence-corrected chi connectivity index (χ3v) is 4.33. The number of urea groups is 1. The van der Waals surface area contributed by atoms with Gasteiger partial charge in [-0.3, -0.25) is 0 Å². The molecule has 6 nitrogen and oxygen atoms in total. The van der Waals surface area contributed by atoms with Gasteiger partial charge in [0, 0.05) is 22.6 Å². The summed E-state index contributed by atoms with van der Waals surface area (Å²) in [5.41, 5.74) is 5.82. The van der Waals surface area contributed by atoms with Crippen molar-refractivity contribution < 1.29 is 9.53 Å². The van der Waals surface area contributed by atoms with Gasteiger partial charge in [-0.1, -0.05) is 17.7 Å². The van der Waals surface area contributed by atoms with Crippen molar-refractivity contribution in [2.75, 3.05) is 12.4 Å². The standard InChI is InChI=1S/C20H19ClN4O2/c1-14-5-8-16(12-19(14)21)25-11-3-4-17(25)13-22-24-20(26)23-15-6-9-18(27-2)10-7-15/h3-13H,1-2H3,(H2,23,24,26)/b22-13+. The molecule has 2 N–H and O–H groups in total. The minimum atomic E-state index is -0.437. The van der Waals surface area contributed by atoms with E-state index in [0.29, 0.717) is 10.7 Å². The number of hydrogen-bond donors (Lipinski definition) is 2. The summed E-state index contributed by atoms with van der Waals surface area (Å²) in [5, 5.41) is 7.39. The summed E-state index contributed by atoms with van der Waals surface area (Å²) in [4.78, 5) is 11.9. The monoisotopic (exact) mass is 382 g/mol. The van der Waals surface area contributed by atoms with Gasteiger partial charge in [0.1, 0.15) is 5.75 Å². The number of rotatable bonds is 5. The van der Waals surface area contributed by atoms with E-state index in [9.17, 15) is 4.79 Å². The van der Waals surface area contributed by atoms with Crippen molar-refractivity contribution in [3.63, 3.8) is 0 Å². The molecule has 7 heteroatoms. The van der Waals surface area contributed by atoms with Gasteiger partial charge in [0.05, 0.1) is 19.0 Å². The van der Waals surface area contributed by atoms with Crippen LogP contribution >= 0.6 is 11.6 Å². The third kappa shape index (κ3) is 4.68. The summed E-state index contributed by atoms with van der Waals surface area (Å²) in [6.45, 7) is 1.95. The van der Waals surface area contributed by atoms with Gasteiger partial charge < -0.3 is 14.6 Å². The first-order chi connectivity index (χ1) is 13.1. The van der Waals surface area contributed by atoms with Gasteiger partial charge in [-0.05, 0) is 61.0 Å². The average Bonchev–Trinajstić information content (AvgIpc) is 3.13. The van der Waals surface area contributed by atoms with E-state index in [0.717, 1.165) is 22.7 Å². The lowest BCUT2D eigenvalue weighted by atomic mass is 10.2. The number of anilines is 1. The van der Waals surface area contributed by atoms with Gasteiger partial charge in [0.15, 0.2) is 0 Å². The zero-order valence-electron chi connectivity index (χ0n) is 14.9. The van der Waals surface area contributed by atoms with E-state index < -0.39 is 6.03 Å². The molecule has 0 fully saturated rings. The molecule has 0 unspecified atom stereocenters. The number of hydrogen-bond acceptors (Lipinski definition) is 3. The summed E-state index contributed by atoms with van der Waals surface area (Å²) in [5.74, 6) is 0.718. The first-order valence-corrected chi connectivity index (χ1v) is 8.62. The molecular weight excluding hydrogens is 364 g/mol. The predicted octanol–water partition coefficient (Wildman–Crippen LogP) is 4.60. The van der Waals surface area contributed by atoms with Crippen LogP contribution in [-0.4, -0.2) is 23.9 Å². The second-order valence-electron chi connectivity index (χ2n) is 5.79. The first kappa shape index (κ1) is 18.5. The highest BCUT2D eigenvalue weighted by Gasteiger charge is 2.04. The Bertz CT molecular complexity index is 964. The fourth-order valence-electron chi connectivity index (χ4n) is 2.46. The molecule has 0 radical (unpaired) electrons. The van der Waals surface area contributed by atoms with Gasteiger partial charge in [0.2, 0.25) is 0 Å². The van der Waals surface area contributed by atoms with Gasteiger partial charge in [0.25, 0.3) is 0 Å². The number of ether oxygens (including phenoxy) is 1. The molecule has 0 saturated carbocycles. The summed E-state index contributed by atoms with van der Waals surface area (Å²) >= 11 is 6.20. The second-order valence-corrected chi connectivity index (χ2v) is 6.20. The van der Waals surface area contributed by atoms with Gasteiger partial charge in [-0.25, -0.2) is 10.2 Å². The number of nitrogens with zero attached hydrogens (tertiary/aromatic N) is 2. The molecule has 0 aliphatic heterocycles. The molecule has 1 heterocycles. The molecule has 0 aliphatic rings. The Morgan fingerprint density at radius 3 is 2.67 bits per heavy atom. The largest absolute Gasteiger partial charge is 0.497 e. The average molecular weight is 383 g/mol. The number of amides is 2. The van der Waals surface area contributed by atoms with Crippen molar-refractivity contribution in [2.24, 2.45) is 5.10 Å². The van der Waals surface area contributed by atoms with Crippen molar-refractivity contribution in [1.29, 1.82) is 0 Å². The fourth-order valence-corrected chi connectivity index (χ4v) is 2.63. The van der Waals surface area contributed by atoms with Crippen LogP contribution < -0.4 is 15.5 Å². The molecule has 1 aromatic heterocycles. The number of nitrogens with one attached hydrogen (secondary N) is 2. The van der Waals surface area contributed by atoms with Crippen LogP contribution in [0.15, 0.2) is 65.9 Å². The van der Waals surface area contributed by atoms with E-state index in [4.69, 9.17) is 16.3 Å². The highest BCUT2D eigenvalue weighted by atomic mass is 35.5. The van der Waals surface area contributed by atoms with Crippen LogP contribution in [0, 0.1) is 6.92 Å². The molecule has 2 amide bonds. The molecule has 0 bridgehead atoms. The topological polar surface area (TPSA) is 67.7 Å². The Labute approximate surface area is 162 Å². The van der Waals surface area contributed by atoms with Crippen molar-refractivity contribution in [1.82, 2.24) is 9.99 Å². The number of aromatic nitrogens is 1. The minimum Gasteiger partial charge on any atom is -0.497 e. The van der Waals surface area contributed by atoms with Crippen LogP contribution in [-0.2, 0) is 0 Å². The number of methoxy groups -OCH3 is 1.